The predicted molar refractivity (Wildman–Crippen MR) is 77.4 cm³/mol. The van der Waals surface area contributed by atoms with Crippen LogP contribution < -0.4 is 5.32 Å². The number of nitrogens with one attached hydrogen (secondary N) is 1. The van der Waals surface area contributed by atoms with Gasteiger partial charge < -0.3 is 9.84 Å². The number of halogens is 1. The summed E-state index contributed by atoms with van der Waals surface area (Å²) in [7, 11) is 0. The summed E-state index contributed by atoms with van der Waals surface area (Å²) < 4.78 is 5.00. The molecule has 0 radical (unpaired) electrons. The Bertz CT molecular complexity index is 563. The van der Waals surface area contributed by atoms with E-state index in [0.717, 1.165) is 5.02 Å². The maximum Gasteiger partial charge on any atom is 0.223 e. The van der Waals surface area contributed by atoms with Crippen LogP contribution in [0, 0.1) is 12.8 Å². The first-order valence-corrected chi connectivity index (χ1v) is 7.38. The molecule has 106 valence electrons. The highest BCUT2D eigenvalue weighted by molar-refractivity contribution is 6.30. The van der Waals surface area contributed by atoms with Gasteiger partial charge in [0.2, 0.25) is 5.89 Å². The van der Waals surface area contributed by atoms with Crippen LogP contribution >= 0.6 is 11.6 Å². The average Bonchev–Trinajstić information content (AvgIpc) is 2.79. The van der Waals surface area contributed by atoms with Crippen LogP contribution in [-0.4, -0.2) is 10.1 Å². The van der Waals surface area contributed by atoms with Crippen LogP contribution in [0.3, 0.4) is 0 Å². The summed E-state index contributed by atoms with van der Waals surface area (Å²) in [4.78, 5) is 4.23. The first kappa shape index (κ1) is 13.6. The Hall–Kier alpha value is -1.39. The summed E-state index contributed by atoms with van der Waals surface area (Å²) in [6.07, 6.45) is 3.86. The van der Waals surface area contributed by atoms with Crippen molar-refractivity contribution >= 4 is 11.6 Å². The highest BCUT2D eigenvalue weighted by atomic mass is 35.5. The summed E-state index contributed by atoms with van der Waals surface area (Å²) >= 11 is 5.97. The van der Waals surface area contributed by atoms with E-state index in [-0.39, 0.29) is 0 Å². The van der Waals surface area contributed by atoms with Gasteiger partial charge in [0, 0.05) is 18.0 Å². The molecule has 1 N–H and O–H groups in total. The third-order valence-corrected chi connectivity index (χ3v) is 4.15. The van der Waals surface area contributed by atoms with Crippen molar-refractivity contribution in [1.82, 2.24) is 15.5 Å². The summed E-state index contributed by atoms with van der Waals surface area (Å²) in [6, 6.07) is 8.42. The Kier molecular flexibility index (Phi) is 4.03. The smallest absolute Gasteiger partial charge is 0.223 e. The molecule has 0 bridgehead atoms. The Morgan fingerprint density at radius 2 is 2.10 bits per heavy atom. The third kappa shape index (κ3) is 3.02. The highest BCUT2D eigenvalue weighted by Gasteiger charge is 2.28. The van der Waals surface area contributed by atoms with E-state index in [0.29, 0.717) is 30.2 Å². The molecule has 1 fully saturated rings. The molecule has 20 heavy (non-hydrogen) atoms. The molecule has 1 aromatic carbocycles. The van der Waals surface area contributed by atoms with Crippen molar-refractivity contribution in [2.24, 2.45) is 5.92 Å². The topological polar surface area (TPSA) is 51.0 Å². The third-order valence-electron chi connectivity index (χ3n) is 3.90. The standard InChI is InChI=1S/C15H18ClN3O/c1-10-18-14(19-20-10)9-17-15(11-3-2-4-11)12-5-7-13(16)8-6-12/h5-8,11,15,17H,2-4,9H2,1H3/t15-/m0/s1. The van der Waals surface area contributed by atoms with Gasteiger partial charge in [-0.25, -0.2) is 0 Å². The fourth-order valence-electron chi connectivity index (χ4n) is 2.61. The van der Waals surface area contributed by atoms with Gasteiger partial charge in [0.15, 0.2) is 5.82 Å². The Morgan fingerprint density at radius 1 is 1.35 bits per heavy atom. The van der Waals surface area contributed by atoms with Gasteiger partial charge in [0.1, 0.15) is 0 Å². The van der Waals surface area contributed by atoms with Crippen LogP contribution in [0.4, 0.5) is 0 Å². The second-order valence-electron chi connectivity index (χ2n) is 5.33. The van der Waals surface area contributed by atoms with Crippen molar-refractivity contribution in [3.8, 4) is 0 Å². The number of aryl methyl sites for hydroxylation is 1. The lowest BCUT2D eigenvalue weighted by Gasteiger charge is -2.34. The monoisotopic (exact) mass is 291 g/mol. The first-order chi connectivity index (χ1) is 9.72. The molecule has 1 aliphatic rings. The lowest BCUT2D eigenvalue weighted by atomic mass is 9.77. The van der Waals surface area contributed by atoms with E-state index in [4.69, 9.17) is 16.1 Å². The van der Waals surface area contributed by atoms with Crippen LogP contribution in [0.25, 0.3) is 0 Å². The molecule has 0 saturated heterocycles. The van der Waals surface area contributed by atoms with Gasteiger partial charge in [-0.3, -0.25) is 0 Å². The molecule has 1 saturated carbocycles. The number of nitrogens with zero attached hydrogens (tertiary/aromatic N) is 2. The molecule has 1 aromatic heterocycles. The van der Waals surface area contributed by atoms with Crippen molar-refractivity contribution in [3.63, 3.8) is 0 Å². The second-order valence-corrected chi connectivity index (χ2v) is 5.77. The van der Waals surface area contributed by atoms with E-state index >= 15 is 0 Å². The zero-order chi connectivity index (χ0) is 13.9. The highest BCUT2D eigenvalue weighted by Crippen LogP contribution is 2.38. The molecule has 2 aromatic rings. The van der Waals surface area contributed by atoms with Gasteiger partial charge in [-0.1, -0.05) is 35.3 Å². The molecule has 0 spiro atoms. The van der Waals surface area contributed by atoms with Crippen molar-refractivity contribution in [1.29, 1.82) is 0 Å². The predicted octanol–water partition coefficient (Wildman–Crippen LogP) is 3.66. The quantitative estimate of drug-likeness (QED) is 0.913. The molecule has 5 heteroatoms. The first-order valence-electron chi connectivity index (χ1n) is 7.00. The largest absolute Gasteiger partial charge is 0.340 e. The molecule has 1 atom stereocenters. The number of aromatic nitrogens is 2. The second kappa shape index (κ2) is 5.94. The fourth-order valence-corrected chi connectivity index (χ4v) is 2.74. The van der Waals surface area contributed by atoms with Crippen LogP contribution in [0.15, 0.2) is 28.8 Å². The van der Waals surface area contributed by atoms with Crippen LogP contribution in [-0.2, 0) is 6.54 Å². The minimum atomic E-state index is 0.333. The average molecular weight is 292 g/mol. The Morgan fingerprint density at radius 3 is 2.65 bits per heavy atom. The van der Waals surface area contributed by atoms with E-state index < -0.39 is 0 Å². The van der Waals surface area contributed by atoms with Crippen LogP contribution in [0.1, 0.15) is 42.6 Å². The molecule has 1 heterocycles. The lowest BCUT2D eigenvalue weighted by molar-refractivity contribution is 0.228. The minimum Gasteiger partial charge on any atom is -0.340 e. The van der Waals surface area contributed by atoms with Gasteiger partial charge in [0.05, 0.1) is 6.54 Å². The maximum atomic E-state index is 5.97. The van der Waals surface area contributed by atoms with Gasteiger partial charge >= 0.3 is 0 Å². The molecule has 0 amide bonds. The molecule has 0 aliphatic heterocycles. The summed E-state index contributed by atoms with van der Waals surface area (Å²) in [5.74, 6) is 2.00. The van der Waals surface area contributed by atoms with Crippen molar-refractivity contribution in [2.75, 3.05) is 0 Å². The van der Waals surface area contributed by atoms with Gasteiger partial charge in [-0.05, 0) is 36.5 Å². The van der Waals surface area contributed by atoms with Crippen LogP contribution in [0.2, 0.25) is 5.02 Å². The molecular formula is C15H18ClN3O. The van der Waals surface area contributed by atoms with E-state index in [9.17, 15) is 0 Å². The Labute approximate surface area is 123 Å². The number of benzene rings is 1. The van der Waals surface area contributed by atoms with Crippen molar-refractivity contribution in [3.05, 3.63) is 46.6 Å². The normalized spacial score (nSPS) is 16.9. The van der Waals surface area contributed by atoms with Gasteiger partial charge in [-0.15, -0.1) is 0 Å². The van der Waals surface area contributed by atoms with Gasteiger partial charge in [-0.2, -0.15) is 4.98 Å². The zero-order valence-electron chi connectivity index (χ0n) is 11.5. The summed E-state index contributed by atoms with van der Waals surface area (Å²) in [6.45, 7) is 2.43. The van der Waals surface area contributed by atoms with Gasteiger partial charge in [0.25, 0.3) is 0 Å². The number of hydrogen-bond donors (Lipinski definition) is 1. The minimum absolute atomic E-state index is 0.333. The van der Waals surface area contributed by atoms with Crippen LogP contribution in [0.5, 0.6) is 0 Å². The number of hydrogen-bond acceptors (Lipinski definition) is 4. The molecule has 4 nitrogen and oxygen atoms in total. The summed E-state index contributed by atoms with van der Waals surface area (Å²) in [5.41, 5.74) is 1.28. The lowest BCUT2D eigenvalue weighted by Crippen LogP contribution is -2.32. The molecule has 1 aliphatic carbocycles. The molecule has 0 unspecified atom stereocenters. The fraction of sp³-hybridized carbons (Fsp3) is 0.467. The SMILES string of the molecule is Cc1nc(CN[C@H](c2ccc(Cl)cc2)C2CCC2)no1. The van der Waals surface area contributed by atoms with E-state index in [1.807, 2.05) is 12.1 Å². The van der Waals surface area contributed by atoms with E-state index in [1.165, 1.54) is 24.8 Å². The van der Waals surface area contributed by atoms with E-state index in [1.54, 1.807) is 6.92 Å². The maximum absolute atomic E-state index is 5.97. The van der Waals surface area contributed by atoms with E-state index in [2.05, 4.69) is 27.6 Å². The van der Waals surface area contributed by atoms with Crippen molar-refractivity contribution in [2.45, 2.75) is 38.8 Å². The van der Waals surface area contributed by atoms with Crippen molar-refractivity contribution < 1.29 is 4.52 Å². The number of rotatable bonds is 5. The summed E-state index contributed by atoms with van der Waals surface area (Å²) in [5, 5.41) is 8.26. The zero-order valence-corrected chi connectivity index (χ0v) is 12.2. The molecular weight excluding hydrogens is 274 g/mol. The Balaban J connectivity index is 1.71. The molecule has 3 rings (SSSR count).